The minimum atomic E-state index is -1.57. The Morgan fingerprint density at radius 3 is 2.78 bits per heavy atom. The second-order valence-electron chi connectivity index (χ2n) is 7.94. The van der Waals surface area contributed by atoms with Crippen LogP contribution < -0.4 is 4.74 Å². The summed E-state index contributed by atoms with van der Waals surface area (Å²) in [4.78, 5) is 19.7. The van der Waals surface area contributed by atoms with Crippen LogP contribution >= 0.6 is 23.2 Å². The molecular formula is C19H20Cl2FN7O3. The lowest BCUT2D eigenvalue weighted by atomic mass is 10.1. The molecule has 1 aliphatic heterocycles. The fourth-order valence-corrected chi connectivity index (χ4v) is 4.34. The van der Waals surface area contributed by atoms with Gasteiger partial charge in [-0.1, -0.05) is 11.6 Å². The van der Waals surface area contributed by atoms with Crippen molar-refractivity contribution in [3.05, 3.63) is 27.2 Å². The molecule has 10 nitrogen and oxygen atoms in total. The molecule has 0 N–H and O–H groups in total. The number of ether oxygens (including phenoxy) is 2. The van der Waals surface area contributed by atoms with Crippen molar-refractivity contribution in [3.8, 4) is 5.88 Å². The van der Waals surface area contributed by atoms with Gasteiger partial charge in [-0.2, -0.15) is 10.1 Å². The first-order valence-corrected chi connectivity index (χ1v) is 11.2. The Balaban J connectivity index is 1.32. The van der Waals surface area contributed by atoms with Crippen LogP contribution in [-0.2, 0) is 17.0 Å². The molecule has 0 bridgehead atoms. The van der Waals surface area contributed by atoms with Crippen LogP contribution in [0, 0.1) is 4.91 Å². The van der Waals surface area contributed by atoms with E-state index in [1.807, 2.05) is 0 Å². The second kappa shape index (κ2) is 8.53. The van der Waals surface area contributed by atoms with Gasteiger partial charge in [0.2, 0.25) is 5.28 Å². The van der Waals surface area contributed by atoms with Crippen LogP contribution in [0.25, 0.3) is 11.0 Å². The van der Waals surface area contributed by atoms with E-state index in [1.165, 1.54) is 6.20 Å². The van der Waals surface area contributed by atoms with Crippen LogP contribution in [0.15, 0.2) is 11.4 Å². The molecule has 0 spiro atoms. The fourth-order valence-electron chi connectivity index (χ4n) is 3.98. The van der Waals surface area contributed by atoms with Crippen LogP contribution in [0.5, 0.6) is 5.88 Å². The molecule has 3 aromatic heterocycles. The molecule has 1 saturated heterocycles. The number of hydrogen-bond donors (Lipinski definition) is 0. The summed E-state index contributed by atoms with van der Waals surface area (Å²) in [5.41, 5.74) is -0.876. The van der Waals surface area contributed by atoms with Crippen LogP contribution in [-0.4, -0.2) is 49.3 Å². The van der Waals surface area contributed by atoms with Crippen molar-refractivity contribution >= 4 is 39.9 Å². The van der Waals surface area contributed by atoms with Crippen molar-refractivity contribution in [1.82, 2.24) is 29.5 Å². The summed E-state index contributed by atoms with van der Waals surface area (Å²) in [6.45, 7) is 1.78. The molecule has 2 aliphatic rings. The Bertz CT molecular complexity index is 1160. The maximum Gasteiger partial charge on any atom is 0.263 e. The summed E-state index contributed by atoms with van der Waals surface area (Å²) in [7, 11) is 0. The zero-order chi connectivity index (χ0) is 22.3. The van der Waals surface area contributed by atoms with Crippen LogP contribution in [0.4, 0.5) is 10.1 Å². The molecule has 4 heterocycles. The van der Waals surface area contributed by atoms with Gasteiger partial charge in [-0.25, -0.2) is 14.1 Å². The molecule has 1 aliphatic carbocycles. The summed E-state index contributed by atoms with van der Waals surface area (Å²) in [5.74, 6) is 0.0548. The monoisotopic (exact) mass is 483 g/mol. The summed E-state index contributed by atoms with van der Waals surface area (Å²) in [6, 6.07) is -0.0492. The highest BCUT2D eigenvalue weighted by molar-refractivity contribution is 6.34. The van der Waals surface area contributed by atoms with Crippen molar-refractivity contribution in [2.45, 2.75) is 50.4 Å². The molecule has 0 unspecified atom stereocenters. The van der Waals surface area contributed by atoms with Gasteiger partial charge < -0.3 is 9.47 Å². The number of halogens is 3. The number of hydrogen-bond acceptors (Lipinski definition) is 8. The standard InChI is InChI=1S/C19H20Cl2FN7O3/c20-15-12-10-23-18(21)24-16(12)28(25-15)6-1-7-32-17-13(27-30)14(19(22)4-5-19)29(26-17)11-2-8-31-9-3-11/h10-11H,1-9H2. The van der Waals surface area contributed by atoms with Crippen LogP contribution in [0.2, 0.25) is 10.4 Å². The van der Waals surface area contributed by atoms with Gasteiger partial charge in [-0.3, -0.25) is 4.68 Å². The number of nitroso groups, excluding NO2 is 1. The molecule has 3 aromatic rings. The highest BCUT2D eigenvalue weighted by atomic mass is 35.5. The number of aryl methyl sites for hydroxylation is 1. The van der Waals surface area contributed by atoms with Crippen molar-refractivity contribution in [1.29, 1.82) is 0 Å². The fraction of sp³-hybridized carbons (Fsp3) is 0.579. The van der Waals surface area contributed by atoms with E-state index < -0.39 is 5.67 Å². The molecule has 13 heteroatoms. The Kier molecular flexibility index (Phi) is 5.72. The van der Waals surface area contributed by atoms with Crippen molar-refractivity contribution in [3.63, 3.8) is 0 Å². The van der Waals surface area contributed by atoms with E-state index in [0.717, 1.165) is 0 Å². The zero-order valence-electron chi connectivity index (χ0n) is 17.0. The first-order valence-electron chi connectivity index (χ1n) is 10.4. The van der Waals surface area contributed by atoms with Gasteiger partial charge in [0, 0.05) is 32.4 Å². The molecule has 0 amide bonds. The van der Waals surface area contributed by atoms with Gasteiger partial charge in [0.05, 0.1) is 18.0 Å². The Labute approximate surface area is 192 Å². The number of fused-ring (bicyclic) bond motifs is 1. The van der Waals surface area contributed by atoms with E-state index in [2.05, 4.69) is 25.3 Å². The van der Waals surface area contributed by atoms with E-state index in [9.17, 15) is 4.91 Å². The third-order valence-electron chi connectivity index (χ3n) is 5.76. The Hall–Kier alpha value is -2.37. The Morgan fingerprint density at radius 2 is 2.06 bits per heavy atom. The van der Waals surface area contributed by atoms with Gasteiger partial charge in [-0.15, -0.1) is 10.0 Å². The predicted molar refractivity (Wildman–Crippen MR) is 114 cm³/mol. The average molecular weight is 484 g/mol. The highest BCUT2D eigenvalue weighted by Crippen LogP contribution is 2.55. The molecule has 170 valence electrons. The average Bonchev–Trinajstić information content (AvgIpc) is 3.31. The summed E-state index contributed by atoms with van der Waals surface area (Å²) in [5, 5.41) is 12.8. The minimum absolute atomic E-state index is 0.0492. The molecule has 1 saturated carbocycles. The lowest BCUT2D eigenvalue weighted by Gasteiger charge is -2.24. The summed E-state index contributed by atoms with van der Waals surface area (Å²) >= 11 is 12.0. The maximum atomic E-state index is 15.1. The van der Waals surface area contributed by atoms with Crippen molar-refractivity contribution < 1.29 is 13.9 Å². The van der Waals surface area contributed by atoms with Gasteiger partial charge >= 0.3 is 0 Å². The molecule has 5 rings (SSSR count). The van der Waals surface area contributed by atoms with E-state index in [-0.39, 0.29) is 40.3 Å². The number of nitrogens with zero attached hydrogens (tertiary/aromatic N) is 7. The molecule has 0 radical (unpaired) electrons. The number of rotatable bonds is 8. The van der Waals surface area contributed by atoms with Crippen LogP contribution in [0.3, 0.4) is 0 Å². The largest absolute Gasteiger partial charge is 0.475 e. The summed E-state index contributed by atoms with van der Waals surface area (Å²) < 4.78 is 29.5. The van der Waals surface area contributed by atoms with Gasteiger partial charge in [-0.05, 0) is 42.5 Å². The third kappa shape index (κ3) is 3.93. The molecule has 0 atom stereocenters. The quantitative estimate of drug-likeness (QED) is 0.263. The van der Waals surface area contributed by atoms with Crippen molar-refractivity contribution in [2.75, 3.05) is 19.8 Å². The predicted octanol–water partition coefficient (Wildman–Crippen LogP) is 4.51. The van der Waals surface area contributed by atoms with E-state index >= 15 is 4.39 Å². The maximum absolute atomic E-state index is 15.1. The SMILES string of the molecule is O=Nc1c(OCCCn2nc(Cl)c3cnc(Cl)nc32)nn(C2CCOCC2)c1C1(F)CC1. The second-order valence-corrected chi connectivity index (χ2v) is 8.64. The first kappa shape index (κ1) is 21.5. The topological polar surface area (TPSA) is 109 Å². The van der Waals surface area contributed by atoms with Gasteiger partial charge in [0.25, 0.3) is 5.88 Å². The first-order chi connectivity index (χ1) is 15.5. The minimum Gasteiger partial charge on any atom is -0.475 e. The van der Waals surface area contributed by atoms with Crippen LogP contribution in [0.1, 0.15) is 43.8 Å². The van der Waals surface area contributed by atoms with Crippen molar-refractivity contribution in [2.24, 2.45) is 5.18 Å². The zero-order valence-corrected chi connectivity index (χ0v) is 18.5. The lowest BCUT2D eigenvalue weighted by Crippen LogP contribution is -2.23. The lowest BCUT2D eigenvalue weighted by molar-refractivity contribution is 0.0632. The van der Waals surface area contributed by atoms with E-state index in [0.29, 0.717) is 62.9 Å². The Morgan fingerprint density at radius 1 is 1.28 bits per heavy atom. The smallest absolute Gasteiger partial charge is 0.263 e. The third-order valence-corrected chi connectivity index (χ3v) is 6.22. The summed E-state index contributed by atoms with van der Waals surface area (Å²) in [6.07, 6.45) is 4.11. The van der Waals surface area contributed by atoms with E-state index in [4.69, 9.17) is 32.7 Å². The van der Waals surface area contributed by atoms with Gasteiger partial charge in [0.15, 0.2) is 22.2 Å². The van der Waals surface area contributed by atoms with Gasteiger partial charge in [0.1, 0.15) is 5.69 Å². The van der Waals surface area contributed by atoms with E-state index in [1.54, 1.807) is 9.36 Å². The number of aromatic nitrogens is 6. The molecule has 2 fully saturated rings. The number of alkyl halides is 1. The molecule has 32 heavy (non-hydrogen) atoms. The molecule has 0 aromatic carbocycles. The highest BCUT2D eigenvalue weighted by Gasteiger charge is 2.52. The normalized spacial score (nSPS) is 18.2. The molecular weight excluding hydrogens is 464 g/mol.